The third-order valence-corrected chi connectivity index (χ3v) is 3.54. The summed E-state index contributed by atoms with van der Waals surface area (Å²) in [6.45, 7) is 0.812. The van der Waals surface area contributed by atoms with E-state index in [4.69, 9.17) is 4.74 Å². The maximum absolute atomic E-state index is 13.0. The lowest BCUT2D eigenvalue weighted by Gasteiger charge is -2.28. The second-order valence-electron chi connectivity index (χ2n) is 5.20. The molecule has 0 aromatic rings. The highest BCUT2D eigenvalue weighted by atomic mass is 19.3. The molecule has 2 aliphatic rings. The minimum absolute atomic E-state index is 0.0506. The third kappa shape index (κ3) is 3.38. The molecule has 0 radical (unpaired) electrons. The molecule has 1 amide bonds. The number of nitrogens with zero attached hydrogens (tertiary/aromatic N) is 1. The van der Waals surface area contributed by atoms with E-state index in [1.54, 1.807) is 7.05 Å². The molecule has 1 N–H and O–H groups in total. The van der Waals surface area contributed by atoms with Gasteiger partial charge in [0, 0.05) is 26.6 Å². The van der Waals surface area contributed by atoms with Crippen molar-refractivity contribution in [3.8, 4) is 0 Å². The Bertz CT molecular complexity index is 306. The fourth-order valence-corrected chi connectivity index (χ4v) is 2.50. The molecule has 104 valence electrons. The second kappa shape index (κ2) is 5.48. The van der Waals surface area contributed by atoms with Crippen LogP contribution in [-0.4, -0.2) is 55.6 Å². The molecule has 2 unspecified atom stereocenters. The van der Waals surface area contributed by atoms with Gasteiger partial charge in [-0.2, -0.15) is 0 Å². The van der Waals surface area contributed by atoms with Crippen LogP contribution in [0.1, 0.15) is 25.7 Å². The number of ether oxygens (including phenoxy) is 1. The Morgan fingerprint density at radius 3 is 2.83 bits per heavy atom. The van der Waals surface area contributed by atoms with Crippen LogP contribution in [-0.2, 0) is 9.53 Å². The van der Waals surface area contributed by atoms with E-state index in [9.17, 15) is 13.6 Å². The number of likely N-dealkylation sites (N-methyl/N-ethyl adjacent to an activating group) is 1. The van der Waals surface area contributed by atoms with Gasteiger partial charge in [0.05, 0.1) is 18.7 Å². The van der Waals surface area contributed by atoms with Crippen molar-refractivity contribution in [1.29, 1.82) is 0 Å². The smallest absolute Gasteiger partial charge is 0.262 e. The van der Waals surface area contributed by atoms with Crippen LogP contribution in [0.3, 0.4) is 0 Å². The van der Waals surface area contributed by atoms with E-state index in [0.717, 1.165) is 25.9 Å². The summed E-state index contributed by atoms with van der Waals surface area (Å²) >= 11 is 0. The normalized spacial score (nSPS) is 31.3. The Labute approximate surface area is 106 Å². The lowest BCUT2D eigenvalue weighted by Crippen LogP contribution is -2.45. The zero-order valence-corrected chi connectivity index (χ0v) is 10.6. The molecule has 0 aliphatic carbocycles. The second-order valence-corrected chi connectivity index (χ2v) is 5.20. The molecule has 2 aliphatic heterocycles. The van der Waals surface area contributed by atoms with Crippen LogP contribution in [0.5, 0.6) is 0 Å². The van der Waals surface area contributed by atoms with Crippen molar-refractivity contribution in [3.05, 3.63) is 0 Å². The number of hydrogen-bond donors (Lipinski definition) is 1. The highest BCUT2D eigenvalue weighted by molar-refractivity contribution is 5.82. The van der Waals surface area contributed by atoms with Gasteiger partial charge in [-0.15, -0.1) is 0 Å². The average Bonchev–Trinajstić information content (AvgIpc) is 2.70. The molecule has 0 aromatic heterocycles. The van der Waals surface area contributed by atoms with Crippen molar-refractivity contribution in [2.75, 3.05) is 26.7 Å². The molecule has 0 aromatic carbocycles. The number of hydrogen-bond acceptors (Lipinski definition) is 3. The Morgan fingerprint density at radius 2 is 2.28 bits per heavy atom. The van der Waals surface area contributed by atoms with Crippen LogP contribution in [0.2, 0.25) is 0 Å². The van der Waals surface area contributed by atoms with Gasteiger partial charge in [0.2, 0.25) is 5.91 Å². The van der Waals surface area contributed by atoms with E-state index in [1.165, 1.54) is 4.90 Å². The van der Waals surface area contributed by atoms with E-state index >= 15 is 0 Å². The number of carbonyl (C=O) groups is 1. The number of halogens is 2. The minimum atomic E-state index is -2.76. The molecule has 2 fully saturated rings. The van der Waals surface area contributed by atoms with E-state index in [0.29, 0.717) is 6.54 Å². The van der Waals surface area contributed by atoms with Crippen molar-refractivity contribution >= 4 is 5.91 Å². The summed E-state index contributed by atoms with van der Waals surface area (Å²) in [7, 11) is 1.65. The van der Waals surface area contributed by atoms with E-state index < -0.39 is 24.9 Å². The average molecular weight is 262 g/mol. The van der Waals surface area contributed by atoms with E-state index in [-0.39, 0.29) is 12.0 Å². The Balaban J connectivity index is 1.81. The van der Waals surface area contributed by atoms with Crippen LogP contribution < -0.4 is 5.32 Å². The van der Waals surface area contributed by atoms with Gasteiger partial charge in [0.25, 0.3) is 5.92 Å². The van der Waals surface area contributed by atoms with Crippen LogP contribution in [0.4, 0.5) is 8.78 Å². The van der Waals surface area contributed by atoms with Gasteiger partial charge in [0.1, 0.15) is 0 Å². The van der Waals surface area contributed by atoms with Gasteiger partial charge in [0.15, 0.2) is 0 Å². The largest absolute Gasteiger partial charge is 0.376 e. The Morgan fingerprint density at radius 1 is 1.50 bits per heavy atom. The van der Waals surface area contributed by atoms with Crippen LogP contribution in [0.15, 0.2) is 0 Å². The predicted octanol–water partition coefficient (Wildman–Crippen LogP) is 1.01. The maximum atomic E-state index is 13.0. The third-order valence-electron chi connectivity index (χ3n) is 3.54. The molecule has 2 saturated heterocycles. The number of nitrogens with one attached hydrogen (secondary N) is 1. The highest BCUT2D eigenvalue weighted by Gasteiger charge is 2.43. The number of rotatable bonds is 3. The quantitative estimate of drug-likeness (QED) is 0.825. The predicted molar refractivity (Wildman–Crippen MR) is 62.6 cm³/mol. The summed E-state index contributed by atoms with van der Waals surface area (Å²) in [6.07, 6.45) is 2.75. The fraction of sp³-hybridized carbons (Fsp3) is 0.917. The summed E-state index contributed by atoms with van der Waals surface area (Å²) < 4.78 is 31.6. The molecule has 0 saturated carbocycles. The molecular formula is C12H20F2N2O2. The van der Waals surface area contributed by atoms with Crippen molar-refractivity contribution in [1.82, 2.24) is 10.2 Å². The lowest BCUT2D eigenvalue weighted by molar-refractivity contribution is -0.134. The molecule has 4 nitrogen and oxygen atoms in total. The van der Waals surface area contributed by atoms with Gasteiger partial charge in [-0.25, -0.2) is 8.78 Å². The topological polar surface area (TPSA) is 41.6 Å². The van der Waals surface area contributed by atoms with Crippen LogP contribution in [0, 0.1) is 0 Å². The molecule has 2 heterocycles. The van der Waals surface area contributed by atoms with Crippen LogP contribution in [0.25, 0.3) is 0 Å². The van der Waals surface area contributed by atoms with Crippen LogP contribution >= 0.6 is 0 Å². The molecule has 18 heavy (non-hydrogen) atoms. The maximum Gasteiger partial charge on any atom is 0.262 e. The molecule has 6 heteroatoms. The summed E-state index contributed by atoms with van der Waals surface area (Å²) in [5.74, 6) is -3.02. The SMILES string of the molecule is CN(CC1CCCCO1)C(=O)C1CC(F)(F)CN1. The number of amides is 1. The highest BCUT2D eigenvalue weighted by Crippen LogP contribution is 2.26. The van der Waals surface area contributed by atoms with E-state index in [1.807, 2.05) is 0 Å². The van der Waals surface area contributed by atoms with E-state index in [2.05, 4.69) is 5.32 Å². The van der Waals surface area contributed by atoms with Gasteiger partial charge in [-0.05, 0) is 19.3 Å². The van der Waals surface area contributed by atoms with Gasteiger partial charge in [-0.3, -0.25) is 10.1 Å². The molecule has 0 bridgehead atoms. The summed E-state index contributed by atoms with van der Waals surface area (Å²) in [6, 6.07) is -0.756. The van der Waals surface area contributed by atoms with Gasteiger partial charge < -0.3 is 9.64 Å². The zero-order chi connectivity index (χ0) is 13.2. The zero-order valence-electron chi connectivity index (χ0n) is 10.6. The summed E-state index contributed by atoms with van der Waals surface area (Å²) in [5, 5.41) is 2.58. The summed E-state index contributed by atoms with van der Waals surface area (Å²) in [5.41, 5.74) is 0. The van der Waals surface area contributed by atoms with Crippen molar-refractivity contribution in [2.45, 2.75) is 43.8 Å². The monoisotopic (exact) mass is 262 g/mol. The fourth-order valence-electron chi connectivity index (χ4n) is 2.50. The first-order chi connectivity index (χ1) is 8.48. The lowest BCUT2D eigenvalue weighted by atomic mass is 10.1. The molecule has 2 atom stereocenters. The summed E-state index contributed by atoms with van der Waals surface area (Å²) in [4.78, 5) is 13.5. The van der Waals surface area contributed by atoms with Crippen molar-refractivity contribution in [3.63, 3.8) is 0 Å². The molecule has 0 spiro atoms. The standard InChI is InChI=1S/C12H20F2N2O2/c1-16(7-9-4-2-3-5-18-9)11(17)10-6-12(13,14)8-15-10/h9-10,15H,2-8H2,1H3. The Kier molecular flexibility index (Phi) is 4.17. The van der Waals surface area contributed by atoms with Crippen molar-refractivity contribution in [2.24, 2.45) is 0 Å². The number of alkyl halides is 2. The Hall–Kier alpha value is -0.750. The van der Waals surface area contributed by atoms with Crippen molar-refractivity contribution < 1.29 is 18.3 Å². The molecule has 2 rings (SSSR count). The first-order valence-electron chi connectivity index (χ1n) is 6.46. The first kappa shape index (κ1) is 13.7. The van der Waals surface area contributed by atoms with Gasteiger partial charge >= 0.3 is 0 Å². The molecular weight excluding hydrogens is 242 g/mol. The minimum Gasteiger partial charge on any atom is -0.376 e. The van der Waals surface area contributed by atoms with Gasteiger partial charge in [-0.1, -0.05) is 0 Å². The number of carbonyl (C=O) groups excluding carboxylic acids is 1. The first-order valence-corrected chi connectivity index (χ1v) is 6.46.